The summed E-state index contributed by atoms with van der Waals surface area (Å²) in [6.45, 7) is 4.65. The van der Waals surface area contributed by atoms with E-state index in [4.69, 9.17) is 0 Å². The van der Waals surface area contributed by atoms with Gasteiger partial charge in [0.2, 0.25) is 5.91 Å². The second-order valence-electron chi connectivity index (χ2n) is 5.52. The lowest BCUT2D eigenvalue weighted by molar-refractivity contribution is -0.152. The summed E-state index contributed by atoms with van der Waals surface area (Å²) in [5.41, 5.74) is 0. The first kappa shape index (κ1) is 14.3. The van der Waals surface area contributed by atoms with Gasteiger partial charge in [0.05, 0.1) is 6.54 Å². The quantitative estimate of drug-likeness (QED) is 0.762. The highest BCUT2D eigenvalue weighted by Gasteiger charge is 2.32. The molecule has 0 aliphatic carbocycles. The van der Waals surface area contributed by atoms with Gasteiger partial charge in [-0.15, -0.1) is 0 Å². The first-order chi connectivity index (χ1) is 9.08. The average Bonchev–Trinajstić information content (AvgIpc) is 2.41. The lowest BCUT2D eigenvalue weighted by atomic mass is 10.0. The predicted octanol–water partition coefficient (Wildman–Crippen LogP) is -0.300. The first-order valence-electron chi connectivity index (χ1n) is 7.01. The number of likely N-dealkylation sites (N-methyl/N-ethyl adjacent to an activating group) is 1. The molecule has 108 valence electrons. The Morgan fingerprint density at radius 2 is 1.79 bits per heavy atom. The summed E-state index contributed by atoms with van der Waals surface area (Å²) in [4.78, 5) is 29.4. The number of hydrogen-bond donors (Lipinski definition) is 1. The lowest BCUT2D eigenvalue weighted by Gasteiger charge is -2.36. The van der Waals surface area contributed by atoms with Crippen molar-refractivity contribution >= 4 is 11.9 Å². The second kappa shape index (κ2) is 6.34. The van der Waals surface area contributed by atoms with E-state index in [-0.39, 0.29) is 5.91 Å². The number of amides is 1. The molecule has 6 nitrogen and oxygen atoms in total. The van der Waals surface area contributed by atoms with Crippen LogP contribution in [0.25, 0.3) is 0 Å². The number of nitrogens with zero attached hydrogens (tertiary/aromatic N) is 3. The monoisotopic (exact) mass is 269 g/mol. The fourth-order valence-electron chi connectivity index (χ4n) is 2.77. The number of carbonyl (C=O) groups excluding carboxylic acids is 1. The normalized spacial score (nSPS) is 26.4. The SMILES string of the molecule is CN1CCN(CC(=O)N2CCCCC2C(=O)O)CC1. The molecule has 2 aliphatic rings. The maximum atomic E-state index is 12.3. The van der Waals surface area contributed by atoms with E-state index in [0.29, 0.717) is 19.5 Å². The number of piperidine rings is 1. The zero-order chi connectivity index (χ0) is 13.8. The number of aliphatic carboxylic acids is 1. The highest BCUT2D eigenvalue weighted by Crippen LogP contribution is 2.17. The van der Waals surface area contributed by atoms with Gasteiger partial charge < -0.3 is 14.9 Å². The van der Waals surface area contributed by atoms with E-state index in [9.17, 15) is 14.7 Å². The summed E-state index contributed by atoms with van der Waals surface area (Å²) >= 11 is 0. The third-order valence-electron chi connectivity index (χ3n) is 4.06. The van der Waals surface area contributed by atoms with Gasteiger partial charge in [-0.25, -0.2) is 4.79 Å². The topological polar surface area (TPSA) is 64.1 Å². The van der Waals surface area contributed by atoms with Crippen LogP contribution in [0.2, 0.25) is 0 Å². The fourth-order valence-corrected chi connectivity index (χ4v) is 2.77. The Balaban J connectivity index is 1.89. The largest absolute Gasteiger partial charge is 0.480 e. The molecule has 6 heteroatoms. The van der Waals surface area contributed by atoms with Crippen LogP contribution in [0.5, 0.6) is 0 Å². The molecule has 1 N–H and O–H groups in total. The van der Waals surface area contributed by atoms with Crippen LogP contribution in [0, 0.1) is 0 Å². The van der Waals surface area contributed by atoms with E-state index < -0.39 is 12.0 Å². The third kappa shape index (κ3) is 3.67. The number of carboxylic acids is 1. The van der Waals surface area contributed by atoms with Crippen molar-refractivity contribution in [1.29, 1.82) is 0 Å². The van der Waals surface area contributed by atoms with Crippen LogP contribution in [-0.2, 0) is 9.59 Å². The minimum Gasteiger partial charge on any atom is -0.480 e. The van der Waals surface area contributed by atoms with E-state index in [1.54, 1.807) is 4.90 Å². The standard InChI is InChI=1S/C13H23N3O3/c1-14-6-8-15(9-7-14)10-12(17)16-5-3-2-4-11(16)13(18)19/h11H,2-10H2,1H3,(H,18,19). The Morgan fingerprint density at radius 3 is 2.42 bits per heavy atom. The number of carbonyl (C=O) groups is 2. The molecule has 2 rings (SSSR count). The van der Waals surface area contributed by atoms with Gasteiger partial charge in [-0.3, -0.25) is 9.69 Å². The van der Waals surface area contributed by atoms with Crippen molar-refractivity contribution in [2.45, 2.75) is 25.3 Å². The van der Waals surface area contributed by atoms with Crippen LogP contribution in [0.15, 0.2) is 0 Å². The van der Waals surface area contributed by atoms with Gasteiger partial charge in [0, 0.05) is 32.7 Å². The zero-order valence-corrected chi connectivity index (χ0v) is 11.5. The zero-order valence-electron chi connectivity index (χ0n) is 11.5. The minimum absolute atomic E-state index is 0.0309. The maximum absolute atomic E-state index is 12.3. The van der Waals surface area contributed by atoms with Crippen LogP contribution in [0.1, 0.15) is 19.3 Å². The summed E-state index contributed by atoms with van der Waals surface area (Å²) in [6, 6.07) is -0.617. The van der Waals surface area contributed by atoms with Crippen molar-refractivity contribution in [3.05, 3.63) is 0 Å². The van der Waals surface area contributed by atoms with Crippen molar-refractivity contribution in [1.82, 2.24) is 14.7 Å². The van der Waals surface area contributed by atoms with E-state index in [2.05, 4.69) is 16.8 Å². The Hall–Kier alpha value is -1.14. The molecule has 1 amide bonds. The molecule has 0 aromatic rings. The van der Waals surface area contributed by atoms with Crippen LogP contribution < -0.4 is 0 Å². The van der Waals surface area contributed by atoms with Gasteiger partial charge in [0.15, 0.2) is 0 Å². The molecule has 0 saturated carbocycles. The van der Waals surface area contributed by atoms with Crippen LogP contribution in [-0.4, -0.2) is 84.0 Å². The van der Waals surface area contributed by atoms with Gasteiger partial charge in [-0.1, -0.05) is 0 Å². The highest BCUT2D eigenvalue weighted by molar-refractivity contribution is 5.85. The molecule has 0 aromatic carbocycles. The van der Waals surface area contributed by atoms with E-state index in [1.165, 1.54) is 0 Å². The molecule has 1 atom stereocenters. The van der Waals surface area contributed by atoms with E-state index in [0.717, 1.165) is 39.0 Å². The summed E-state index contributed by atoms with van der Waals surface area (Å²) in [6.07, 6.45) is 2.40. The molecule has 2 fully saturated rings. The van der Waals surface area contributed by atoms with Crippen molar-refractivity contribution in [2.24, 2.45) is 0 Å². The Bertz CT molecular complexity index is 340. The molecule has 19 heavy (non-hydrogen) atoms. The number of carboxylic acid groups (broad SMARTS) is 1. The van der Waals surface area contributed by atoms with Crippen molar-refractivity contribution < 1.29 is 14.7 Å². The average molecular weight is 269 g/mol. The van der Waals surface area contributed by atoms with E-state index in [1.807, 2.05) is 0 Å². The van der Waals surface area contributed by atoms with Gasteiger partial charge in [0.1, 0.15) is 6.04 Å². The molecule has 2 heterocycles. The summed E-state index contributed by atoms with van der Waals surface area (Å²) in [5, 5.41) is 9.18. The van der Waals surface area contributed by atoms with Crippen LogP contribution in [0.4, 0.5) is 0 Å². The Labute approximate surface area is 114 Å². The van der Waals surface area contributed by atoms with Crippen LogP contribution in [0.3, 0.4) is 0 Å². The van der Waals surface area contributed by atoms with Gasteiger partial charge in [0.25, 0.3) is 0 Å². The molecular weight excluding hydrogens is 246 g/mol. The summed E-state index contributed by atoms with van der Waals surface area (Å²) in [7, 11) is 2.07. The first-order valence-corrected chi connectivity index (χ1v) is 7.01. The highest BCUT2D eigenvalue weighted by atomic mass is 16.4. The molecule has 0 spiro atoms. The predicted molar refractivity (Wildman–Crippen MR) is 70.9 cm³/mol. The van der Waals surface area contributed by atoms with Crippen molar-refractivity contribution in [2.75, 3.05) is 46.3 Å². The lowest BCUT2D eigenvalue weighted by Crippen LogP contribution is -2.53. The Morgan fingerprint density at radius 1 is 1.11 bits per heavy atom. The number of piperazine rings is 1. The van der Waals surface area contributed by atoms with Gasteiger partial charge in [-0.2, -0.15) is 0 Å². The number of hydrogen-bond acceptors (Lipinski definition) is 4. The summed E-state index contributed by atoms with van der Waals surface area (Å²) < 4.78 is 0. The Kier molecular flexibility index (Phi) is 4.76. The molecule has 0 aromatic heterocycles. The smallest absolute Gasteiger partial charge is 0.326 e. The van der Waals surface area contributed by atoms with E-state index >= 15 is 0 Å². The van der Waals surface area contributed by atoms with Gasteiger partial charge >= 0.3 is 5.97 Å². The third-order valence-corrected chi connectivity index (χ3v) is 4.06. The molecule has 2 saturated heterocycles. The van der Waals surface area contributed by atoms with Crippen LogP contribution >= 0.6 is 0 Å². The molecular formula is C13H23N3O3. The maximum Gasteiger partial charge on any atom is 0.326 e. The fraction of sp³-hybridized carbons (Fsp3) is 0.846. The second-order valence-corrected chi connectivity index (χ2v) is 5.52. The minimum atomic E-state index is -0.869. The molecule has 1 unspecified atom stereocenters. The molecule has 0 bridgehead atoms. The number of rotatable bonds is 3. The molecule has 2 aliphatic heterocycles. The summed E-state index contributed by atoms with van der Waals surface area (Å²) in [5.74, 6) is -0.900. The molecule has 0 radical (unpaired) electrons. The number of likely N-dealkylation sites (tertiary alicyclic amines) is 1. The van der Waals surface area contributed by atoms with Crippen molar-refractivity contribution in [3.8, 4) is 0 Å². The van der Waals surface area contributed by atoms with Crippen molar-refractivity contribution in [3.63, 3.8) is 0 Å². The van der Waals surface area contributed by atoms with Gasteiger partial charge in [-0.05, 0) is 26.3 Å².